The summed E-state index contributed by atoms with van der Waals surface area (Å²) in [5.41, 5.74) is 0.106. The van der Waals surface area contributed by atoms with Gasteiger partial charge in [-0.2, -0.15) is 0 Å². The van der Waals surface area contributed by atoms with Crippen molar-refractivity contribution in [2.75, 3.05) is 6.54 Å². The van der Waals surface area contributed by atoms with Gasteiger partial charge in [0.1, 0.15) is 0 Å². The zero-order chi connectivity index (χ0) is 14.6. The first-order chi connectivity index (χ1) is 9.44. The van der Waals surface area contributed by atoms with Crippen LogP contribution in [0.25, 0.3) is 0 Å². The molecule has 0 aliphatic carbocycles. The topological polar surface area (TPSA) is 55.6 Å². The van der Waals surface area contributed by atoms with Crippen molar-refractivity contribution in [2.24, 2.45) is 0 Å². The molecule has 0 fully saturated rings. The predicted octanol–water partition coefficient (Wildman–Crippen LogP) is 3.07. The summed E-state index contributed by atoms with van der Waals surface area (Å²) in [4.78, 5) is 1.22. The molecular formula is C12H18ClN5S2. The van der Waals surface area contributed by atoms with E-state index in [1.54, 1.807) is 23.1 Å². The Kier molecular flexibility index (Phi) is 5.42. The highest BCUT2D eigenvalue weighted by atomic mass is 35.5. The van der Waals surface area contributed by atoms with Crippen LogP contribution in [0.5, 0.6) is 0 Å². The van der Waals surface area contributed by atoms with Crippen molar-refractivity contribution in [1.82, 2.24) is 25.5 Å². The van der Waals surface area contributed by atoms with Crippen molar-refractivity contribution in [3.05, 3.63) is 21.3 Å². The van der Waals surface area contributed by atoms with Crippen LogP contribution in [-0.4, -0.2) is 32.3 Å². The highest BCUT2D eigenvalue weighted by Crippen LogP contribution is 2.27. The summed E-state index contributed by atoms with van der Waals surface area (Å²) in [6.07, 6.45) is 0. The minimum atomic E-state index is 0.106. The van der Waals surface area contributed by atoms with Gasteiger partial charge in [0.15, 0.2) is 0 Å². The molecule has 0 aliphatic rings. The predicted molar refractivity (Wildman–Crippen MR) is 84.5 cm³/mol. The van der Waals surface area contributed by atoms with Crippen LogP contribution < -0.4 is 5.32 Å². The van der Waals surface area contributed by atoms with Crippen molar-refractivity contribution < 1.29 is 0 Å². The van der Waals surface area contributed by atoms with E-state index >= 15 is 0 Å². The minimum absolute atomic E-state index is 0.106. The normalized spacial score (nSPS) is 12.0. The van der Waals surface area contributed by atoms with E-state index in [9.17, 15) is 0 Å². The van der Waals surface area contributed by atoms with Crippen LogP contribution in [0.15, 0.2) is 17.3 Å². The van der Waals surface area contributed by atoms with E-state index < -0.39 is 0 Å². The first-order valence-corrected chi connectivity index (χ1v) is 8.50. The molecule has 0 aromatic carbocycles. The lowest BCUT2D eigenvalue weighted by molar-refractivity contribution is 0.396. The largest absolute Gasteiger partial charge is 0.310 e. The molecule has 8 heteroatoms. The molecule has 0 unspecified atom stereocenters. The van der Waals surface area contributed by atoms with Gasteiger partial charge >= 0.3 is 0 Å². The molecule has 0 radical (unpaired) electrons. The quantitative estimate of drug-likeness (QED) is 0.824. The Balaban J connectivity index is 1.85. The average molecular weight is 332 g/mol. The van der Waals surface area contributed by atoms with Gasteiger partial charge in [-0.1, -0.05) is 23.4 Å². The smallest absolute Gasteiger partial charge is 0.209 e. The van der Waals surface area contributed by atoms with Crippen LogP contribution in [0.3, 0.4) is 0 Å². The molecule has 5 nitrogen and oxygen atoms in total. The second-order valence-corrected chi connectivity index (χ2v) is 8.10. The third-order valence-corrected chi connectivity index (χ3v) is 4.87. The maximum atomic E-state index is 5.92. The molecule has 110 valence electrons. The molecule has 0 amide bonds. The van der Waals surface area contributed by atoms with E-state index in [0.29, 0.717) is 0 Å². The Morgan fingerprint density at radius 1 is 1.40 bits per heavy atom. The number of tetrazole rings is 1. The maximum absolute atomic E-state index is 5.92. The van der Waals surface area contributed by atoms with Gasteiger partial charge in [0, 0.05) is 22.7 Å². The monoisotopic (exact) mass is 331 g/mol. The lowest BCUT2D eigenvalue weighted by atomic mass is 10.1. The van der Waals surface area contributed by atoms with Crippen molar-refractivity contribution in [2.45, 2.75) is 43.8 Å². The zero-order valence-corrected chi connectivity index (χ0v) is 14.1. The summed E-state index contributed by atoms with van der Waals surface area (Å²) in [6, 6.07) is 3.95. The Labute approximate surface area is 132 Å². The Morgan fingerprint density at radius 3 is 2.85 bits per heavy atom. The lowest BCUT2D eigenvalue weighted by Gasteiger charge is -2.20. The third kappa shape index (κ3) is 5.05. The number of nitrogens with zero attached hydrogens (tertiary/aromatic N) is 4. The van der Waals surface area contributed by atoms with Crippen molar-refractivity contribution in [3.63, 3.8) is 0 Å². The first kappa shape index (κ1) is 15.8. The number of hydrogen-bond acceptors (Lipinski definition) is 6. The van der Waals surface area contributed by atoms with Gasteiger partial charge in [-0.15, -0.1) is 16.4 Å². The van der Waals surface area contributed by atoms with Crippen LogP contribution in [-0.2, 0) is 12.3 Å². The summed E-state index contributed by atoms with van der Waals surface area (Å²) in [5, 5.41) is 16.1. The van der Waals surface area contributed by atoms with Crippen LogP contribution in [0.4, 0.5) is 0 Å². The van der Waals surface area contributed by atoms with Crippen molar-refractivity contribution in [1.29, 1.82) is 0 Å². The number of thiophene rings is 1. The molecule has 0 saturated heterocycles. The van der Waals surface area contributed by atoms with E-state index in [2.05, 4.69) is 41.6 Å². The summed E-state index contributed by atoms with van der Waals surface area (Å²) in [7, 11) is 0. The Hall–Kier alpha value is -0.630. The van der Waals surface area contributed by atoms with Crippen LogP contribution >= 0.6 is 34.7 Å². The van der Waals surface area contributed by atoms with Crippen LogP contribution in [0.2, 0.25) is 4.34 Å². The maximum Gasteiger partial charge on any atom is 0.209 e. The van der Waals surface area contributed by atoms with Gasteiger partial charge in [0.05, 0.1) is 10.9 Å². The van der Waals surface area contributed by atoms with Crippen LogP contribution in [0.1, 0.15) is 25.6 Å². The number of hydrogen-bond donors (Lipinski definition) is 1. The second kappa shape index (κ2) is 6.89. The van der Waals surface area contributed by atoms with Gasteiger partial charge in [-0.3, -0.25) is 0 Å². The summed E-state index contributed by atoms with van der Waals surface area (Å²) in [6.45, 7) is 8.03. The fraction of sp³-hybridized carbons (Fsp3) is 0.583. The van der Waals surface area contributed by atoms with Crippen molar-refractivity contribution in [3.8, 4) is 0 Å². The fourth-order valence-corrected chi connectivity index (χ4v) is 3.58. The van der Waals surface area contributed by atoms with E-state index in [1.165, 1.54) is 4.88 Å². The molecule has 20 heavy (non-hydrogen) atoms. The van der Waals surface area contributed by atoms with Crippen LogP contribution in [0, 0.1) is 0 Å². The average Bonchev–Trinajstić information content (AvgIpc) is 2.94. The molecule has 2 heterocycles. The SMILES string of the molecule is CC(C)(C)NCCn1nnnc1SCc1ccc(Cl)s1. The van der Waals surface area contributed by atoms with E-state index in [0.717, 1.165) is 28.3 Å². The number of halogens is 1. The Bertz CT molecular complexity index is 546. The van der Waals surface area contributed by atoms with Crippen molar-refractivity contribution >= 4 is 34.7 Å². The number of aromatic nitrogens is 4. The minimum Gasteiger partial charge on any atom is -0.310 e. The molecule has 0 saturated carbocycles. The third-order valence-electron chi connectivity index (χ3n) is 2.45. The molecule has 2 rings (SSSR count). The first-order valence-electron chi connectivity index (χ1n) is 6.32. The van der Waals surface area contributed by atoms with E-state index in [-0.39, 0.29) is 5.54 Å². The summed E-state index contributed by atoms with van der Waals surface area (Å²) >= 11 is 9.14. The zero-order valence-electron chi connectivity index (χ0n) is 11.8. The molecular weight excluding hydrogens is 314 g/mol. The lowest BCUT2D eigenvalue weighted by Crippen LogP contribution is -2.38. The van der Waals surface area contributed by atoms with Gasteiger partial charge in [-0.05, 0) is 43.3 Å². The molecule has 2 aromatic heterocycles. The van der Waals surface area contributed by atoms with E-state index in [4.69, 9.17) is 11.6 Å². The molecule has 1 N–H and O–H groups in total. The summed E-state index contributed by atoms with van der Waals surface area (Å²) < 4.78 is 2.65. The second-order valence-electron chi connectivity index (χ2n) is 5.36. The number of nitrogens with one attached hydrogen (secondary N) is 1. The highest BCUT2D eigenvalue weighted by Gasteiger charge is 2.11. The van der Waals surface area contributed by atoms with Gasteiger partial charge < -0.3 is 5.32 Å². The number of rotatable bonds is 6. The van der Waals surface area contributed by atoms with Gasteiger partial charge in [-0.25, -0.2) is 4.68 Å². The molecule has 0 spiro atoms. The molecule has 0 aliphatic heterocycles. The number of thioether (sulfide) groups is 1. The fourth-order valence-electron chi connectivity index (χ4n) is 1.54. The highest BCUT2D eigenvalue weighted by molar-refractivity contribution is 7.98. The molecule has 0 bridgehead atoms. The standard InChI is InChI=1S/C12H18ClN5S2/c1-12(2,3)14-6-7-18-11(15-16-17-18)19-8-9-4-5-10(13)20-9/h4-5,14H,6-8H2,1-3H3. The van der Waals surface area contributed by atoms with Gasteiger partial charge in [0.2, 0.25) is 5.16 Å². The summed E-state index contributed by atoms with van der Waals surface area (Å²) in [5.74, 6) is 0.838. The Morgan fingerprint density at radius 2 is 2.20 bits per heavy atom. The molecule has 0 atom stereocenters. The molecule has 2 aromatic rings. The van der Waals surface area contributed by atoms with E-state index in [1.807, 2.05) is 16.8 Å². The van der Waals surface area contributed by atoms with Gasteiger partial charge in [0.25, 0.3) is 0 Å².